The number of rotatable bonds is 2. The molecule has 0 spiro atoms. The van der Waals surface area contributed by atoms with Crippen molar-refractivity contribution in [3.8, 4) is 5.88 Å². The zero-order chi connectivity index (χ0) is 12.7. The fourth-order valence-corrected chi connectivity index (χ4v) is 1.66. The lowest BCUT2D eigenvalue weighted by atomic mass is 9.80. The molecular formula is C12H18BNO3. The van der Waals surface area contributed by atoms with Crippen LogP contribution in [0.5, 0.6) is 5.88 Å². The molecule has 0 bridgehead atoms. The lowest BCUT2D eigenvalue weighted by molar-refractivity contribution is 0.00578. The van der Waals surface area contributed by atoms with E-state index >= 15 is 0 Å². The van der Waals surface area contributed by atoms with Gasteiger partial charge in [-0.25, -0.2) is 4.98 Å². The van der Waals surface area contributed by atoms with Crippen LogP contribution in [-0.4, -0.2) is 30.4 Å². The number of methoxy groups -OCH3 is 1. The van der Waals surface area contributed by atoms with Crippen LogP contribution in [0.3, 0.4) is 0 Å². The maximum atomic E-state index is 5.94. The van der Waals surface area contributed by atoms with E-state index in [4.69, 9.17) is 14.0 Å². The highest BCUT2D eigenvalue weighted by Gasteiger charge is 2.51. The minimum Gasteiger partial charge on any atom is -0.481 e. The van der Waals surface area contributed by atoms with E-state index in [2.05, 4.69) is 4.98 Å². The van der Waals surface area contributed by atoms with Crippen molar-refractivity contribution in [3.63, 3.8) is 0 Å². The molecule has 92 valence electrons. The number of aromatic nitrogens is 1. The Morgan fingerprint density at radius 1 is 1.18 bits per heavy atom. The minimum atomic E-state index is -0.364. The molecule has 0 unspecified atom stereocenters. The normalized spacial score (nSPS) is 21.6. The molecule has 1 aliphatic rings. The molecule has 0 radical (unpaired) electrons. The number of hydrogen-bond donors (Lipinski definition) is 0. The van der Waals surface area contributed by atoms with E-state index in [-0.39, 0.29) is 18.3 Å². The van der Waals surface area contributed by atoms with Gasteiger partial charge in [-0.15, -0.1) is 0 Å². The van der Waals surface area contributed by atoms with Crippen LogP contribution in [-0.2, 0) is 9.31 Å². The van der Waals surface area contributed by atoms with Gasteiger partial charge in [-0.05, 0) is 39.2 Å². The molecule has 2 rings (SSSR count). The second-order valence-corrected chi connectivity index (χ2v) is 5.22. The van der Waals surface area contributed by atoms with E-state index < -0.39 is 0 Å². The lowest BCUT2D eigenvalue weighted by Gasteiger charge is -2.32. The van der Waals surface area contributed by atoms with Crippen molar-refractivity contribution in [1.82, 2.24) is 4.98 Å². The van der Waals surface area contributed by atoms with Crippen molar-refractivity contribution in [2.75, 3.05) is 7.11 Å². The molecule has 1 fully saturated rings. The van der Waals surface area contributed by atoms with Crippen LogP contribution in [0.4, 0.5) is 0 Å². The van der Waals surface area contributed by atoms with Gasteiger partial charge in [0.1, 0.15) is 0 Å². The number of hydrogen-bond acceptors (Lipinski definition) is 4. The second kappa shape index (κ2) is 4.00. The maximum Gasteiger partial charge on any atom is 0.495 e. The molecule has 2 heterocycles. The lowest BCUT2D eigenvalue weighted by Crippen LogP contribution is -2.41. The number of ether oxygens (including phenoxy) is 1. The Hall–Kier alpha value is -1.07. The molecule has 0 amide bonds. The van der Waals surface area contributed by atoms with Crippen molar-refractivity contribution in [1.29, 1.82) is 0 Å². The van der Waals surface area contributed by atoms with Gasteiger partial charge in [0.05, 0.1) is 18.3 Å². The Kier molecular flexibility index (Phi) is 2.91. The molecule has 1 saturated heterocycles. The maximum absolute atomic E-state index is 5.94. The summed E-state index contributed by atoms with van der Waals surface area (Å²) >= 11 is 0. The molecule has 1 aromatic heterocycles. The first-order valence-corrected chi connectivity index (χ1v) is 5.71. The van der Waals surface area contributed by atoms with E-state index in [1.807, 2.05) is 39.8 Å². The molecule has 0 N–H and O–H groups in total. The quantitative estimate of drug-likeness (QED) is 0.726. The van der Waals surface area contributed by atoms with Gasteiger partial charge < -0.3 is 14.0 Å². The zero-order valence-electron chi connectivity index (χ0n) is 11.0. The summed E-state index contributed by atoms with van der Waals surface area (Å²) in [6.07, 6.45) is 1.69. The molecule has 0 atom stereocenters. The molecule has 4 nitrogen and oxygen atoms in total. The van der Waals surface area contributed by atoms with Crippen LogP contribution in [0.15, 0.2) is 18.3 Å². The molecule has 0 aliphatic carbocycles. The van der Waals surface area contributed by atoms with Crippen molar-refractivity contribution in [2.24, 2.45) is 0 Å². The summed E-state index contributed by atoms with van der Waals surface area (Å²) in [5, 5.41) is 0. The highest BCUT2D eigenvalue weighted by molar-refractivity contribution is 6.62. The van der Waals surface area contributed by atoms with Crippen LogP contribution >= 0.6 is 0 Å². The van der Waals surface area contributed by atoms with E-state index in [9.17, 15) is 0 Å². The van der Waals surface area contributed by atoms with Crippen LogP contribution in [0.1, 0.15) is 27.7 Å². The van der Waals surface area contributed by atoms with Gasteiger partial charge in [0.15, 0.2) is 0 Å². The molecule has 1 aromatic rings. The summed E-state index contributed by atoms with van der Waals surface area (Å²) in [7, 11) is 1.23. The third-order valence-corrected chi connectivity index (χ3v) is 3.49. The SMILES string of the molecule is COc1cc(B2OC(C)(C)C(C)(C)O2)ccn1. The standard InChI is InChI=1S/C12H18BNO3/c1-11(2)12(3,4)17-13(16-11)9-6-7-14-10(8-9)15-5/h6-8H,1-5H3. The fourth-order valence-electron chi connectivity index (χ4n) is 1.66. The summed E-state index contributed by atoms with van der Waals surface area (Å²) in [5.74, 6) is 0.567. The van der Waals surface area contributed by atoms with Crippen molar-refractivity contribution in [2.45, 2.75) is 38.9 Å². The Labute approximate surface area is 102 Å². The number of nitrogens with zero attached hydrogens (tertiary/aromatic N) is 1. The predicted molar refractivity (Wildman–Crippen MR) is 66.5 cm³/mol. The predicted octanol–water partition coefficient (Wildman–Crippen LogP) is 1.39. The average molecular weight is 235 g/mol. The first kappa shape index (κ1) is 12.4. The first-order chi connectivity index (χ1) is 7.86. The Morgan fingerprint density at radius 2 is 1.76 bits per heavy atom. The molecule has 17 heavy (non-hydrogen) atoms. The van der Waals surface area contributed by atoms with Gasteiger partial charge in [-0.3, -0.25) is 0 Å². The average Bonchev–Trinajstić information content (AvgIpc) is 2.48. The van der Waals surface area contributed by atoms with Crippen molar-refractivity contribution < 1.29 is 14.0 Å². The summed E-state index contributed by atoms with van der Waals surface area (Å²) in [6.45, 7) is 8.13. The van der Waals surface area contributed by atoms with E-state index in [1.54, 1.807) is 13.3 Å². The molecular weight excluding hydrogens is 217 g/mol. The van der Waals surface area contributed by atoms with E-state index in [0.717, 1.165) is 5.46 Å². The third-order valence-electron chi connectivity index (χ3n) is 3.49. The fraction of sp³-hybridized carbons (Fsp3) is 0.583. The van der Waals surface area contributed by atoms with Gasteiger partial charge in [0.2, 0.25) is 5.88 Å². The van der Waals surface area contributed by atoms with Crippen molar-refractivity contribution >= 4 is 12.6 Å². The van der Waals surface area contributed by atoms with E-state index in [0.29, 0.717) is 5.88 Å². The van der Waals surface area contributed by atoms with Gasteiger partial charge in [0, 0.05) is 12.3 Å². The van der Waals surface area contributed by atoms with Crippen LogP contribution in [0.2, 0.25) is 0 Å². The number of pyridine rings is 1. The summed E-state index contributed by atoms with van der Waals surface area (Å²) in [6, 6.07) is 3.72. The van der Waals surface area contributed by atoms with Gasteiger partial charge >= 0.3 is 7.12 Å². The Bertz CT molecular complexity index is 404. The monoisotopic (exact) mass is 235 g/mol. The van der Waals surface area contributed by atoms with Gasteiger partial charge in [-0.1, -0.05) is 0 Å². The van der Waals surface area contributed by atoms with Gasteiger partial charge in [-0.2, -0.15) is 0 Å². The van der Waals surface area contributed by atoms with Crippen LogP contribution in [0, 0.1) is 0 Å². The van der Waals surface area contributed by atoms with E-state index in [1.165, 1.54) is 0 Å². The summed E-state index contributed by atoms with van der Waals surface area (Å²) in [4.78, 5) is 4.07. The summed E-state index contributed by atoms with van der Waals surface area (Å²) in [5.41, 5.74) is 0.276. The summed E-state index contributed by atoms with van der Waals surface area (Å²) < 4.78 is 17.0. The molecule has 0 saturated carbocycles. The molecule has 5 heteroatoms. The van der Waals surface area contributed by atoms with Crippen molar-refractivity contribution in [3.05, 3.63) is 18.3 Å². The zero-order valence-corrected chi connectivity index (χ0v) is 11.0. The Balaban J connectivity index is 2.25. The Morgan fingerprint density at radius 3 is 2.29 bits per heavy atom. The largest absolute Gasteiger partial charge is 0.495 e. The second-order valence-electron chi connectivity index (χ2n) is 5.22. The highest BCUT2D eigenvalue weighted by Crippen LogP contribution is 2.36. The minimum absolute atomic E-state index is 0.325. The topological polar surface area (TPSA) is 40.6 Å². The highest BCUT2D eigenvalue weighted by atomic mass is 16.7. The van der Waals surface area contributed by atoms with Crippen LogP contribution < -0.4 is 10.2 Å². The molecule has 1 aliphatic heterocycles. The molecule has 0 aromatic carbocycles. The van der Waals surface area contributed by atoms with Gasteiger partial charge in [0.25, 0.3) is 0 Å². The smallest absolute Gasteiger partial charge is 0.481 e. The van der Waals surface area contributed by atoms with Crippen LogP contribution in [0.25, 0.3) is 0 Å². The third kappa shape index (κ3) is 2.17. The first-order valence-electron chi connectivity index (χ1n) is 5.71.